The number of tetrazole rings is 1. The van der Waals surface area contributed by atoms with Crippen molar-refractivity contribution in [3.8, 4) is 0 Å². The molecule has 3 fully saturated rings. The Hall–Kier alpha value is -4.26. The molecule has 2 N–H and O–H groups in total. The van der Waals surface area contributed by atoms with Crippen molar-refractivity contribution < 1.29 is 57.9 Å². The van der Waals surface area contributed by atoms with Gasteiger partial charge in [0.25, 0.3) is 11.7 Å². The SMILES string of the molecule is COC1C(=O)C(C)C[C@H](C)/C=C/C=C/C=C(\C)[C@@H](OC)C[C@@H]2CC[C@@H](C)[C@@](O)(O2)C(=O)C(=O)N2CCCC[C@H]2C(=O)OC([C@H](C)C[C@@H]2CC[C@H](n3cnnn3)[C@H](OC)C2)CC(=O)[C@H](C)/C=C(\C)[C@H]1O. The lowest BCUT2D eigenvalue weighted by molar-refractivity contribution is -0.265. The van der Waals surface area contributed by atoms with Gasteiger partial charge in [-0.15, -0.1) is 5.10 Å². The van der Waals surface area contributed by atoms with E-state index < -0.39 is 77.8 Å². The summed E-state index contributed by atoms with van der Waals surface area (Å²) in [4.78, 5) is 72.3. The van der Waals surface area contributed by atoms with Gasteiger partial charge in [-0.3, -0.25) is 19.2 Å². The second kappa shape index (κ2) is 25.7. The molecule has 1 saturated carbocycles. The van der Waals surface area contributed by atoms with Gasteiger partial charge in [0, 0.05) is 58.5 Å². The van der Waals surface area contributed by atoms with E-state index in [0.29, 0.717) is 56.9 Å². The first kappa shape index (κ1) is 55.7. The first-order chi connectivity index (χ1) is 32.8. The molecule has 0 aromatic carbocycles. The summed E-state index contributed by atoms with van der Waals surface area (Å²) in [7, 11) is 4.62. The third-order valence-electron chi connectivity index (χ3n) is 15.2. The standard InChI is InChI=1S/C52H79N5O12/c1-31-16-12-11-13-17-32(2)43(65-8)28-39-21-19-37(7)52(64,69-39)49(61)50(62)56-23-15-14-18-41(56)51(63)68-44(34(4)26-38-20-22-40(45(27-38)66-9)57-30-53-54-55-57)29-42(58)33(3)25-36(6)47(60)48(67-10)46(59)35(5)24-31/h11-13,16-17,25,30-31,33-35,37-41,43-45,47-48,60,64H,14-15,18-24,26-29H2,1-10H3/b13-11+,16-12+,32-17+,36-25+/t31-,33-,34-,35?,37-,38+,39+,40+,41+,43+,44?,45-,47-,48?,52-/m1/s1. The third-order valence-corrected chi connectivity index (χ3v) is 15.2. The number of cyclic esters (lactones) is 1. The molecule has 2 saturated heterocycles. The van der Waals surface area contributed by atoms with Crippen molar-refractivity contribution in [2.45, 2.75) is 180 Å². The van der Waals surface area contributed by atoms with Crippen molar-refractivity contribution in [1.29, 1.82) is 0 Å². The minimum atomic E-state index is -2.43. The molecule has 4 aliphatic rings. The average molecular weight is 966 g/mol. The number of nitrogens with zero attached hydrogens (tertiary/aromatic N) is 5. The molecule has 1 aliphatic carbocycles. The highest BCUT2D eigenvalue weighted by Crippen LogP contribution is 2.39. The van der Waals surface area contributed by atoms with E-state index >= 15 is 0 Å². The van der Waals surface area contributed by atoms with E-state index in [-0.39, 0.29) is 60.9 Å². The zero-order valence-corrected chi connectivity index (χ0v) is 42.5. The van der Waals surface area contributed by atoms with Crippen LogP contribution < -0.4 is 0 Å². The Kier molecular flexibility index (Phi) is 20.8. The summed E-state index contributed by atoms with van der Waals surface area (Å²) in [6.07, 6.45) is 13.9. The molecule has 3 aliphatic heterocycles. The second-order valence-corrected chi connectivity index (χ2v) is 20.4. The van der Waals surface area contributed by atoms with Crippen LogP contribution in [0.4, 0.5) is 0 Å². The van der Waals surface area contributed by atoms with E-state index in [1.807, 2.05) is 58.1 Å². The van der Waals surface area contributed by atoms with Crippen LogP contribution >= 0.6 is 0 Å². The summed E-state index contributed by atoms with van der Waals surface area (Å²) in [6, 6.07) is -1.19. The number of fused-ring (bicyclic) bond motifs is 3. The van der Waals surface area contributed by atoms with Gasteiger partial charge in [0.1, 0.15) is 36.5 Å². The molecule has 15 atom stereocenters. The number of aliphatic hydroxyl groups excluding tert-OH is 1. The molecule has 1 aromatic rings. The molecule has 17 heteroatoms. The summed E-state index contributed by atoms with van der Waals surface area (Å²) in [6.45, 7) is 12.8. The Balaban J connectivity index is 1.46. The summed E-state index contributed by atoms with van der Waals surface area (Å²) in [5.41, 5.74) is 1.27. The maximum absolute atomic E-state index is 14.5. The summed E-state index contributed by atoms with van der Waals surface area (Å²) >= 11 is 0. The molecule has 3 unspecified atom stereocenters. The quantitative estimate of drug-likeness (QED) is 0.181. The van der Waals surface area contributed by atoms with E-state index in [2.05, 4.69) is 15.5 Å². The van der Waals surface area contributed by atoms with Gasteiger partial charge in [-0.2, -0.15) is 0 Å². The Morgan fingerprint density at radius 3 is 2.32 bits per heavy atom. The first-order valence-electron chi connectivity index (χ1n) is 25.0. The number of ketones is 3. The van der Waals surface area contributed by atoms with Gasteiger partial charge in [-0.05, 0) is 117 Å². The summed E-state index contributed by atoms with van der Waals surface area (Å²) < 4.78 is 31.6. The molecule has 5 rings (SSSR count). The highest BCUT2D eigenvalue weighted by atomic mass is 16.6. The molecule has 384 valence electrons. The van der Waals surface area contributed by atoms with Crippen molar-refractivity contribution >= 4 is 29.2 Å². The highest BCUT2D eigenvalue weighted by molar-refractivity contribution is 6.39. The van der Waals surface area contributed by atoms with Crippen molar-refractivity contribution in [2.24, 2.45) is 35.5 Å². The number of hydrogen-bond acceptors (Lipinski definition) is 15. The van der Waals surface area contributed by atoms with Crippen LogP contribution in [0.5, 0.6) is 0 Å². The molecule has 0 spiro atoms. The number of aliphatic hydroxyl groups is 2. The van der Waals surface area contributed by atoms with E-state index in [4.69, 9.17) is 23.7 Å². The van der Waals surface area contributed by atoms with Gasteiger partial charge in [0.15, 0.2) is 5.78 Å². The smallest absolute Gasteiger partial charge is 0.329 e. The van der Waals surface area contributed by atoms with E-state index in [1.165, 1.54) is 12.0 Å². The third kappa shape index (κ3) is 14.2. The molecule has 1 amide bonds. The number of carbonyl (C=O) groups excluding carboxylic acids is 5. The highest BCUT2D eigenvalue weighted by Gasteiger charge is 2.53. The minimum absolute atomic E-state index is 0.0170. The Labute approximate surface area is 408 Å². The maximum atomic E-state index is 14.5. The fraction of sp³-hybridized carbons (Fsp3) is 0.731. The topological polar surface area (TPSA) is 219 Å². The van der Waals surface area contributed by atoms with Crippen molar-refractivity contribution in [3.05, 3.63) is 53.9 Å². The van der Waals surface area contributed by atoms with Gasteiger partial charge in [-0.1, -0.05) is 71.1 Å². The number of rotatable bonds is 7. The van der Waals surface area contributed by atoms with Gasteiger partial charge in [-0.25, -0.2) is 9.48 Å². The fourth-order valence-corrected chi connectivity index (χ4v) is 10.7. The molecular formula is C52H79N5O12. The number of methoxy groups -OCH3 is 3. The van der Waals surface area contributed by atoms with Crippen molar-refractivity contribution in [2.75, 3.05) is 27.9 Å². The summed E-state index contributed by atoms with van der Waals surface area (Å²) in [5.74, 6) is -7.92. The number of allylic oxidation sites excluding steroid dienone is 6. The average Bonchev–Trinajstić information content (AvgIpc) is 3.88. The fourth-order valence-electron chi connectivity index (χ4n) is 10.7. The zero-order chi connectivity index (χ0) is 50.6. The van der Waals surface area contributed by atoms with E-state index in [1.54, 1.807) is 52.1 Å². The monoisotopic (exact) mass is 966 g/mol. The molecule has 0 radical (unpaired) electrons. The van der Waals surface area contributed by atoms with Gasteiger partial charge < -0.3 is 38.8 Å². The maximum Gasteiger partial charge on any atom is 0.329 e. The lowest BCUT2D eigenvalue weighted by Gasteiger charge is -2.42. The Bertz CT molecular complexity index is 2020. The predicted octanol–water partition coefficient (Wildman–Crippen LogP) is 6.05. The van der Waals surface area contributed by atoms with E-state index in [9.17, 15) is 34.2 Å². The van der Waals surface area contributed by atoms with Crippen molar-refractivity contribution in [1.82, 2.24) is 25.1 Å². The van der Waals surface area contributed by atoms with Crippen LogP contribution in [0.15, 0.2) is 53.9 Å². The molecular weight excluding hydrogens is 887 g/mol. The minimum Gasteiger partial charge on any atom is -0.460 e. The molecule has 69 heavy (non-hydrogen) atoms. The largest absolute Gasteiger partial charge is 0.460 e. The predicted molar refractivity (Wildman–Crippen MR) is 256 cm³/mol. The number of esters is 1. The number of hydrogen-bond donors (Lipinski definition) is 2. The van der Waals surface area contributed by atoms with E-state index in [0.717, 1.165) is 18.4 Å². The molecule has 17 nitrogen and oxygen atoms in total. The molecule has 2 bridgehead atoms. The zero-order valence-electron chi connectivity index (χ0n) is 42.5. The molecule has 1 aromatic heterocycles. The first-order valence-corrected chi connectivity index (χ1v) is 25.0. The second-order valence-electron chi connectivity index (χ2n) is 20.4. The number of aromatic nitrogens is 4. The van der Waals surface area contributed by atoms with Crippen LogP contribution in [0.3, 0.4) is 0 Å². The van der Waals surface area contributed by atoms with Crippen LogP contribution in [-0.2, 0) is 47.7 Å². The Morgan fingerprint density at radius 1 is 0.884 bits per heavy atom. The van der Waals surface area contributed by atoms with Crippen LogP contribution in [-0.4, -0.2) is 141 Å². The van der Waals surface area contributed by atoms with Crippen molar-refractivity contribution in [3.63, 3.8) is 0 Å². The summed E-state index contributed by atoms with van der Waals surface area (Å²) in [5, 5.41) is 35.2. The van der Waals surface area contributed by atoms with Crippen LogP contribution in [0.1, 0.15) is 132 Å². The van der Waals surface area contributed by atoms with Gasteiger partial charge >= 0.3 is 5.97 Å². The van der Waals surface area contributed by atoms with Gasteiger partial charge in [0.05, 0.1) is 24.4 Å². The molecule has 4 heterocycles. The van der Waals surface area contributed by atoms with Crippen LogP contribution in [0, 0.1) is 35.5 Å². The normalized spacial score (nSPS) is 38.8. The van der Waals surface area contributed by atoms with Crippen LogP contribution in [0.25, 0.3) is 0 Å². The Morgan fingerprint density at radius 2 is 1.64 bits per heavy atom. The lowest BCUT2D eigenvalue weighted by atomic mass is 9.77. The number of ether oxygens (including phenoxy) is 5. The van der Waals surface area contributed by atoms with Gasteiger partial charge in [0.2, 0.25) is 5.79 Å². The number of carbonyl (C=O) groups is 5. The number of Topliss-reactive ketones (excluding diaryl/α,β-unsaturated/α-hetero) is 3. The van der Waals surface area contributed by atoms with Crippen LogP contribution in [0.2, 0.25) is 0 Å². The lowest BCUT2D eigenvalue weighted by Crippen LogP contribution is -2.61. The number of piperidine rings is 1. The number of amides is 1.